The molecule has 0 aliphatic heterocycles. The third-order valence-corrected chi connectivity index (χ3v) is 3.16. The largest absolute Gasteiger partial charge is 0.504 e. The molecule has 0 unspecified atom stereocenters. The van der Waals surface area contributed by atoms with Crippen LogP contribution in [0, 0.1) is 6.92 Å². The van der Waals surface area contributed by atoms with E-state index in [1.54, 1.807) is 19.2 Å². The average molecular weight is 272 g/mol. The van der Waals surface area contributed by atoms with Crippen molar-refractivity contribution < 1.29 is 19.4 Å². The molecule has 104 valence electrons. The summed E-state index contributed by atoms with van der Waals surface area (Å²) in [6, 6.07) is 9.03. The lowest BCUT2D eigenvalue weighted by molar-refractivity contribution is 0.112. The van der Waals surface area contributed by atoms with Crippen LogP contribution in [0.25, 0.3) is 11.1 Å². The Labute approximate surface area is 117 Å². The van der Waals surface area contributed by atoms with Crippen molar-refractivity contribution >= 4 is 6.29 Å². The monoisotopic (exact) mass is 272 g/mol. The molecule has 0 radical (unpaired) electrons. The third kappa shape index (κ3) is 2.32. The average Bonchev–Trinajstić information content (AvgIpc) is 2.46. The van der Waals surface area contributed by atoms with E-state index in [1.165, 1.54) is 7.11 Å². The van der Waals surface area contributed by atoms with Gasteiger partial charge < -0.3 is 14.6 Å². The Hall–Kier alpha value is -2.49. The molecule has 2 aromatic carbocycles. The maximum absolute atomic E-state index is 11.3. The summed E-state index contributed by atoms with van der Waals surface area (Å²) in [7, 11) is 3.01. The third-order valence-electron chi connectivity index (χ3n) is 3.16. The normalized spacial score (nSPS) is 10.2. The first-order valence-electron chi connectivity index (χ1n) is 6.12. The minimum absolute atomic E-state index is 0.163. The summed E-state index contributed by atoms with van der Waals surface area (Å²) < 4.78 is 10.3. The molecule has 0 aliphatic rings. The van der Waals surface area contributed by atoms with Crippen LogP contribution < -0.4 is 9.47 Å². The van der Waals surface area contributed by atoms with Crippen LogP contribution in [0.1, 0.15) is 15.9 Å². The summed E-state index contributed by atoms with van der Waals surface area (Å²) in [6.07, 6.45) is 0.620. The Kier molecular flexibility index (Phi) is 3.94. The highest BCUT2D eigenvalue weighted by Crippen LogP contribution is 2.39. The molecule has 1 N–H and O–H groups in total. The molecule has 4 heteroatoms. The van der Waals surface area contributed by atoms with Gasteiger partial charge in [-0.1, -0.05) is 11.6 Å². The Morgan fingerprint density at radius 3 is 2.25 bits per heavy atom. The molecule has 0 aliphatic carbocycles. The van der Waals surface area contributed by atoms with E-state index in [0.717, 1.165) is 11.1 Å². The standard InChI is InChI=1S/C16H16O4/c1-10-4-6-14(19-2)12(8-10)11-5-7-15(20-3)16(18)13(11)9-17/h4-9,18H,1-3H3. The number of ether oxygens (including phenoxy) is 2. The van der Waals surface area contributed by atoms with E-state index in [-0.39, 0.29) is 17.1 Å². The van der Waals surface area contributed by atoms with E-state index in [9.17, 15) is 9.90 Å². The van der Waals surface area contributed by atoms with Crippen LogP contribution in [-0.2, 0) is 0 Å². The maximum atomic E-state index is 11.3. The first-order chi connectivity index (χ1) is 9.62. The maximum Gasteiger partial charge on any atom is 0.169 e. The van der Waals surface area contributed by atoms with Gasteiger partial charge in [-0.25, -0.2) is 0 Å². The minimum atomic E-state index is -0.163. The van der Waals surface area contributed by atoms with E-state index >= 15 is 0 Å². The lowest BCUT2D eigenvalue weighted by Crippen LogP contribution is -1.95. The van der Waals surface area contributed by atoms with Crippen LogP contribution in [0.4, 0.5) is 0 Å². The number of phenolic OH excluding ortho intramolecular Hbond substituents is 1. The number of benzene rings is 2. The van der Waals surface area contributed by atoms with Crippen LogP contribution in [0.5, 0.6) is 17.2 Å². The molecule has 0 bridgehead atoms. The van der Waals surface area contributed by atoms with Gasteiger partial charge in [0.1, 0.15) is 5.75 Å². The molecule has 0 heterocycles. The summed E-state index contributed by atoms with van der Waals surface area (Å²) in [5, 5.41) is 10.1. The predicted octanol–water partition coefficient (Wildman–Crippen LogP) is 3.20. The number of aldehydes is 1. The Morgan fingerprint density at radius 2 is 1.65 bits per heavy atom. The molecule has 2 aromatic rings. The second-order valence-corrected chi connectivity index (χ2v) is 4.40. The van der Waals surface area contributed by atoms with E-state index in [2.05, 4.69) is 0 Å². The number of methoxy groups -OCH3 is 2. The van der Waals surface area contributed by atoms with Gasteiger partial charge in [0.25, 0.3) is 0 Å². The van der Waals surface area contributed by atoms with Crippen LogP contribution in [0.2, 0.25) is 0 Å². The molecule has 0 spiro atoms. The lowest BCUT2D eigenvalue weighted by Gasteiger charge is -2.14. The number of rotatable bonds is 4. The first-order valence-corrected chi connectivity index (χ1v) is 6.12. The molecule has 0 fully saturated rings. The molecule has 2 rings (SSSR count). The minimum Gasteiger partial charge on any atom is -0.504 e. The highest BCUT2D eigenvalue weighted by molar-refractivity contribution is 5.93. The zero-order valence-electron chi connectivity index (χ0n) is 11.6. The summed E-state index contributed by atoms with van der Waals surface area (Å²) in [5.74, 6) is 0.745. The fourth-order valence-electron chi connectivity index (χ4n) is 2.14. The van der Waals surface area contributed by atoms with Crippen molar-refractivity contribution in [3.05, 3.63) is 41.5 Å². The van der Waals surface area contributed by atoms with E-state index in [4.69, 9.17) is 9.47 Å². The van der Waals surface area contributed by atoms with E-state index in [1.807, 2.05) is 25.1 Å². The summed E-state index contributed by atoms with van der Waals surface area (Å²) in [6.45, 7) is 1.95. The van der Waals surface area contributed by atoms with Gasteiger partial charge in [0.2, 0.25) is 0 Å². The fourth-order valence-corrected chi connectivity index (χ4v) is 2.14. The summed E-state index contributed by atoms with van der Waals surface area (Å²) in [4.78, 5) is 11.3. The number of phenols is 1. The van der Waals surface area contributed by atoms with Crippen molar-refractivity contribution in [3.63, 3.8) is 0 Å². The van der Waals surface area contributed by atoms with Crippen molar-refractivity contribution in [2.45, 2.75) is 6.92 Å². The summed E-state index contributed by atoms with van der Waals surface area (Å²) >= 11 is 0. The van der Waals surface area contributed by atoms with Crippen LogP contribution in [0.3, 0.4) is 0 Å². The number of hydrogen-bond acceptors (Lipinski definition) is 4. The Balaban J connectivity index is 2.73. The molecule has 0 saturated heterocycles. The number of aromatic hydroxyl groups is 1. The summed E-state index contributed by atoms with van der Waals surface area (Å²) in [5.41, 5.74) is 2.59. The van der Waals surface area contributed by atoms with Crippen LogP contribution in [-0.4, -0.2) is 25.6 Å². The zero-order chi connectivity index (χ0) is 14.7. The van der Waals surface area contributed by atoms with Crippen molar-refractivity contribution in [3.8, 4) is 28.4 Å². The van der Waals surface area contributed by atoms with Gasteiger partial charge in [0.15, 0.2) is 17.8 Å². The highest BCUT2D eigenvalue weighted by atomic mass is 16.5. The van der Waals surface area contributed by atoms with Gasteiger partial charge in [-0.2, -0.15) is 0 Å². The fraction of sp³-hybridized carbons (Fsp3) is 0.188. The smallest absolute Gasteiger partial charge is 0.169 e. The Bertz CT molecular complexity index is 647. The number of carbonyl (C=O) groups is 1. The van der Waals surface area contributed by atoms with Crippen LogP contribution in [0.15, 0.2) is 30.3 Å². The van der Waals surface area contributed by atoms with Crippen molar-refractivity contribution in [1.29, 1.82) is 0 Å². The predicted molar refractivity (Wildman–Crippen MR) is 76.8 cm³/mol. The SMILES string of the molecule is COc1ccc(C)cc1-c1ccc(OC)c(O)c1C=O. The quantitative estimate of drug-likeness (QED) is 0.868. The van der Waals surface area contributed by atoms with E-state index in [0.29, 0.717) is 17.6 Å². The second kappa shape index (κ2) is 5.65. The van der Waals surface area contributed by atoms with Gasteiger partial charge >= 0.3 is 0 Å². The molecule has 0 atom stereocenters. The van der Waals surface area contributed by atoms with Crippen molar-refractivity contribution in [2.75, 3.05) is 14.2 Å². The lowest BCUT2D eigenvalue weighted by atomic mass is 9.97. The van der Waals surface area contributed by atoms with Gasteiger partial charge in [0, 0.05) is 5.56 Å². The molecule has 4 nitrogen and oxygen atoms in total. The van der Waals surface area contributed by atoms with Crippen molar-refractivity contribution in [1.82, 2.24) is 0 Å². The van der Waals surface area contributed by atoms with Crippen LogP contribution >= 0.6 is 0 Å². The number of carbonyl (C=O) groups excluding carboxylic acids is 1. The number of aryl methyl sites for hydroxylation is 1. The van der Waals surface area contributed by atoms with Gasteiger partial charge in [0.05, 0.1) is 19.8 Å². The first kappa shape index (κ1) is 13.9. The molecule has 0 amide bonds. The highest BCUT2D eigenvalue weighted by Gasteiger charge is 2.16. The van der Waals surface area contributed by atoms with Gasteiger partial charge in [-0.05, 0) is 36.8 Å². The zero-order valence-corrected chi connectivity index (χ0v) is 11.6. The molecule has 20 heavy (non-hydrogen) atoms. The number of hydrogen-bond donors (Lipinski definition) is 1. The second-order valence-electron chi connectivity index (χ2n) is 4.40. The topological polar surface area (TPSA) is 55.8 Å². The molecule has 0 saturated carbocycles. The van der Waals surface area contributed by atoms with Gasteiger partial charge in [-0.3, -0.25) is 4.79 Å². The van der Waals surface area contributed by atoms with Gasteiger partial charge in [-0.15, -0.1) is 0 Å². The molecular formula is C16H16O4. The molecule has 0 aromatic heterocycles. The Morgan fingerprint density at radius 1 is 1.00 bits per heavy atom. The van der Waals surface area contributed by atoms with Crippen molar-refractivity contribution in [2.24, 2.45) is 0 Å². The molecular weight excluding hydrogens is 256 g/mol. The van der Waals surface area contributed by atoms with E-state index < -0.39 is 0 Å².